The summed E-state index contributed by atoms with van der Waals surface area (Å²) < 4.78 is 10.5. The molecule has 2 amide bonds. The maximum atomic E-state index is 12.5. The molecular formula is C16H24ClN3O4. The Morgan fingerprint density at radius 3 is 2.42 bits per heavy atom. The van der Waals surface area contributed by atoms with Gasteiger partial charge in [-0.05, 0) is 13.3 Å². The number of hydrogen-bond acceptors (Lipinski definition) is 5. The van der Waals surface area contributed by atoms with Gasteiger partial charge in [-0.1, -0.05) is 0 Å². The zero-order chi connectivity index (χ0) is 17.0. The lowest BCUT2D eigenvalue weighted by atomic mass is 10.2. The molecule has 1 aromatic carbocycles. The normalized spacial score (nSPS) is 17.9. The molecule has 2 unspecified atom stereocenters. The summed E-state index contributed by atoms with van der Waals surface area (Å²) in [5.41, 5.74) is 6.29. The van der Waals surface area contributed by atoms with Crippen molar-refractivity contribution >= 4 is 29.9 Å². The summed E-state index contributed by atoms with van der Waals surface area (Å²) in [6, 6.07) is 4.54. The van der Waals surface area contributed by atoms with Gasteiger partial charge in [-0.2, -0.15) is 0 Å². The number of nitrogens with zero attached hydrogens (tertiary/aromatic N) is 1. The van der Waals surface area contributed by atoms with Crippen LogP contribution in [-0.2, 0) is 9.59 Å². The number of nitrogens with one attached hydrogen (secondary N) is 1. The standard InChI is InChI=1S/C16H23N3O4.ClH/c1-10(17)6-15(20)18-14-4-5-19(16(14)21)11-7-12(22-2)9-13(8-11)23-3;/h7-10,14H,4-6,17H2,1-3H3,(H,18,20);1H. The second-order valence-corrected chi connectivity index (χ2v) is 5.65. The van der Waals surface area contributed by atoms with Gasteiger partial charge in [0.15, 0.2) is 0 Å². The van der Waals surface area contributed by atoms with Gasteiger partial charge in [-0.25, -0.2) is 0 Å². The predicted molar refractivity (Wildman–Crippen MR) is 94.0 cm³/mol. The molecule has 0 aliphatic carbocycles. The van der Waals surface area contributed by atoms with E-state index in [1.165, 1.54) is 0 Å². The SMILES string of the molecule is COc1cc(OC)cc(N2CCC(NC(=O)CC(C)N)C2=O)c1.Cl. The number of halogens is 1. The van der Waals surface area contributed by atoms with E-state index >= 15 is 0 Å². The van der Waals surface area contributed by atoms with E-state index in [4.69, 9.17) is 15.2 Å². The van der Waals surface area contributed by atoms with E-state index in [-0.39, 0.29) is 36.7 Å². The minimum absolute atomic E-state index is 0. The molecule has 1 aliphatic rings. The molecule has 134 valence electrons. The van der Waals surface area contributed by atoms with Gasteiger partial charge in [0.05, 0.1) is 19.9 Å². The van der Waals surface area contributed by atoms with Crippen LogP contribution in [0.3, 0.4) is 0 Å². The van der Waals surface area contributed by atoms with Crippen molar-refractivity contribution in [3.63, 3.8) is 0 Å². The average molecular weight is 358 g/mol. The second kappa shape index (κ2) is 8.75. The average Bonchev–Trinajstić information content (AvgIpc) is 2.86. The van der Waals surface area contributed by atoms with Crippen molar-refractivity contribution in [2.24, 2.45) is 5.73 Å². The van der Waals surface area contributed by atoms with Crippen molar-refractivity contribution in [1.29, 1.82) is 0 Å². The first-order valence-corrected chi connectivity index (χ1v) is 7.54. The van der Waals surface area contributed by atoms with Gasteiger partial charge >= 0.3 is 0 Å². The van der Waals surface area contributed by atoms with E-state index in [1.807, 2.05) is 0 Å². The zero-order valence-corrected chi connectivity index (χ0v) is 14.9. The van der Waals surface area contributed by atoms with E-state index in [0.717, 1.165) is 0 Å². The van der Waals surface area contributed by atoms with Crippen molar-refractivity contribution in [3.05, 3.63) is 18.2 Å². The lowest BCUT2D eigenvalue weighted by Gasteiger charge is -2.19. The lowest BCUT2D eigenvalue weighted by Crippen LogP contribution is -2.43. The summed E-state index contributed by atoms with van der Waals surface area (Å²) in [6.07, 6.45) is 0.764. The summed E-state index contributed by atoms with van der Waals surface area (Å²) in [5, 5.41) is 2.74. The number of benzene rings is 1. The third kappa shape index (κ3) is 4.75. The van der Waals surface area contributed by atoms with Crippen molar-refractivity contribution in [3.8, 4) is 11.5 Å². The topological polar surface area (TPSA) is 93.9 Å². The van der Waals surface area contributed by atoms with Gasteiger partial charge in [-0.15, -0.1) is 12.4 Å². The fourth-order valence-electron chi connectivity index (χ4n) is 2.56. The number of nitrogens with two attached hydrogens (primary N) is 1. The van der Waals surface area contributed by atoms with E-state index in [1.54, 1.807) is 44.2 Å². The maximum absolute atomic E-state index is 12.5. The molecule has 7 nitrogen and oxygen atoms in total. The number of methoxy groups -OCH3 is 2. The van der Waals surface area contributed by atoms with E-state index in [0.29, 0.717) is 30.2 Å². The molecule has 1 heterocycles. The first kappa shape index (κ1) is 20.1. The monoisotopic (exact) mass is 357 g/mol. The molecule has 1 saturated heterocycles. The van der Waals surface area contributed by atoms with Crippen molar-refractivity contribution in [2.45, 2.75) is 31.8 Å². The van der Waals surface area contributed by atoms with Crippen LogP contribution in [0.2, 0.25) is 0 Å². The third-order valence-corrected chi connectivity index (χ3v) is 3.70. The van der Waals surface area contributed by atoms with Gasteiger partial charge < -0.3 is 25.4 Å². The number of anilines is 1. The lowest BCUT2D eigenvalue weighted by molar-refractivity contribution is -0.126. The Kier molecular flexibility index (Phi) is 7.31. The Bertz CT molecular complexity index is 572. The summed E-state index contributed by atoms with van der Waals surface area (Å²) in [5.74, 6) is 0.870. The van der Waals surface area contributed by atoms with Crippen molar-refractivity contribution in [2.75, 3.05) is 25.7 Å². The number of hydrogen-bond donors (Lipinski definition) is 2. The highest BCUT2D eigenvalue weighted by Gasteiger charge is 2.34. The second-order valence-electron chi connectivity index (χ2n) is 5.65. The molecule has 2 atom stereocenters. The Balaban J connectivity index is 0.00000288. The molecule has 1 aromatic rings. The van der Waals surface area contributed by atoms with E-state index < -0.39 is 6.04 Å². The largest absolute Gasteiger partial charge is 0.497 e. The summed E-state index contributed by atoms with van der Waals surface area (Å²) in [4.78, 5) is 25.9. The maximum Gasteiger partial charge on any atom is 0.249 e. The molecule has 1 fully saturated rings. The summed E-state index contributed by atoms with van der Waals surface area (Å²) >= 11 is 0. The molecule has 0 spiro atoms. The first-order chi connectivity index (χ1) is 10.9. The molecule has 8 heteroatoms. The van der Waals surface area contributed by atoms with Crippen molar-refractivity contribution < 1.29 is 19.1 Å². The smallest absolute Gasteiger partial charge is 0.249 e. The Morgan fingerprint density at radius 1 is 1.33 bits per heavy atom. The minimum Gasteiger partial charge on any atom is -0.497 e. The van der Waals surface area contributed by atoms with Gasteiger partial charge in [0.1, 0.15) is 17.5 Å². The fraction of sp³-hybridized carbons (Fsp3) is 0.500. The van der Waals surface area contributed by atoms with Crippen LogP contribution in [0.15, 0.2) is 18.2 Å². The number of carbonyl (C=O) groups excluding carboxylic acids is 2. The van der Waals surface area contributed by atoms with Gasteiger partial charge in [0.2, 0.25) is 11.8 Å². The van der Waals surface area contributed by atoms with Crippen LogP contribution in [0.5, 0.6) is 11.5 Å². The molecule has 0 radical (unpaired) electrons. The van der Waals surface area contributed by atoms with Crippen molar-refractivity contribution in [1.82, 2.24) is 5.32 Å². The molecule has 2 rings (SSSR count). The molecule has 0 saturated carbocycles. The highest BCUT2D eigenvalue weighted by atomic mass is 35.5. The molecular weight excluding hydrogens is 334 g/mol. The predicted octanol–water partition coefficient (Wildman–Crippen LogP) is 1.08. The van der Waals surface area contributed by atoms with Crippen LogP contribution >= 0.6 is 12.4 Å². The van der Waals surface area contributed by atoms with Gasteiger partial charge in [0, 0.05) is 37.2 Å². The van der Waals surface area contributed by atoms with Crippen LogP contribution in [0.25, 0.3) is 0 Å². The Morgan fingerprint density at radius 2 is 1.92 bits per heavy atom. The minimum atomic E-state index is -0.515. The first-order valence-electron chi connectivity index (χ1n) is 7.54. The van der Waals surface area contributed by atoms with Gasteiger partial charge in [-0.3, -0.25) is 9.59 Å². The van der Waals surface area contributed by atoms with E-state index in [2.05, 4.69) is 5.32 Å². The third-order valence-electron chi connectivity index (χ3n) is 3.70. The van der Waals surface area contributed by atoms with Crippen LogP contribution < -0.4 is 25.4 Å². The molecule has 0 bridgehead atoms. The number of amides is 2. The highest BCUT2D eigenvalue weighted by Crippen LogP contribution is 2.30. The Labute approximate surface area is 147 Å². The van der Waals surface area contributed by atoms with Crippen LogP contribution in [0, 0.1) is 0 Å². The van der Waals surface area contributed by atoms with Crippen LogP contribution in [0.4, 0.5) is 5.69 Å². The molecule has 3 N–H and O–H groups in total. The quantitative estimate of drug-likeness (QED) is 0.794. The highest BCUT2D eigenvalue weighted by molar-refractivity contribution is 6.01. The fourth-order valence-corrected chi connectivity index (χ4v) is 2.56. The number of carbonyl (C=O) groups is 2. The number of ether oxygens (including phenoxy) is 2. The Hall–Kier alpha value is -1.99. The summed E-state index contributed by atoms with van der Waals surface area (Å²) in [6.45, 7) is 2.28. The molecule has 24 heavy (non-hydrogen) atoms. The number of rotatable bonds is 6. The summed E-state index contributed by atoms with van der Waals surface area (Å²) in [7, 11) is 3.11. The van der Waals surface area contributed by atoms with Gasteiger partial charge in [0.25, 0.3) is 0 Å². The molecule has 1 aliphatic heterocycles. The molecule has 0 aromatic heterocycles. The van der Waals surface area contributed by atoms with E-state index in [9.17, 15) is 9.59 Å². The van der Waals surface area contributed by atoms with Crippen LogP contribution in [0.1, 0.15) is 19.8 Å². The zero-order valence-electron chi connectivity index (χ0n) is 14.1. The van der Waals surface area contributed by atoms with Crippen LogP contribution in [-0.4, -0.2) is 44.7 Å².